The number of fused-ring (bicyclic) bond motifs is 1. The fraction of sp³-hybridized carbons (Fsp3) is 0.381. The summed E-state index contributed by atoms with van der Waals surface area (Å²) in [5.41, 5.74) is 7.20. The predicted octanol–water partition coefficient (Wildman–Crippen LogP) is -2.06. The first kappa shape index (κ1) is 26.4. The SMILES string of the molecule is Nc1nc2c(c(=O)[nH]1)C(CCc1ccc(C(=O)NC(CCC(=O)O)C(=O)O)cc1)CCN2.[Na+]. The fourth-order valence-electron chi connectivity index (χ4n) is 3.74. The van der Waals surface area contributed by atoms with Gasteiger partial charge in [-0.05, 0) is 49.3 Å². The van der Waals surface area contributed by atoms with E-state index in [1.807, 2.05) is 0 Å². The summed E-state index contributed by atoms with van der Waals surface area (Å²) in [6.45, 7) is 0.694. The summed E-state index contributed by atoms with van der Waals surface area (Å²) < 4.78 is 0. The van der Waals surface area contributed by atoms with Gasteiger partial charge in [0.25, 0.3) is 11.5 Å². The van der Waals surface area contributed by atoms with E-state index in [2.05, 4.69) is 20.6 Å². The number of benzene rings is 1. The number of nitrogens with zero attached hydrogens (tertiary/aromatic N) is 1. The molecule has 0 saturated carbocycles. The molecular weight excluding hydrogens is 441 g/mol. The molecule has 1 aliphatic rings. The van der Waals surface area contributed by atoms with Gasteiger partial charge in [-0.3, -0.25) is 19.4 Å². The van der Waals surface area contributed by atoms with E-state index < -0.39 is 23.9 Å². The second-order valence-electron chi connectivity index (χ2n) is 7.66. The molecular formula is C21H25N5NaO6+. The minimum absolute atomic E-state index is 0. The normalized spacial score (nSPS) is 15.3. The number of aromatic amines is 1. The van der Waals surface area contributed by atoms with Crippen LogP contribution < -0.4 is 51.5 Å². The standard InChI is InChI=1S/C21H25N5O6.Na/c22-21-25-17-16(19(30)26-21)12(9-10-23-17)4-1-11-2-5-13(6-3-11)18(29)24-14(20(31)32)7-8-15(27)28;/h2-3,5-6,12,14H,1,4,7-10H2,(H,24,29)(H,27,28)(H,31,32)(H4,22,23,25,26,30);/q;+1. The van der Waals surface area contributed by atoms with Crippen LogP contribution in [0.3, 0.4) is 0 Å². The van der Waals surface area contributed by atoms with Crippen LogP contribution in [0, 0.1) is 0 Å². The summed E-state index contributed by atoms with van der Waals surface area (Å²) in [5, 5.41) is 23.3. The third kappa shape index (κ3) is 7.04. The van der Waals surface area contributed by atoms with Gasteiger partial charge < -0.3 is 26.6 Å². The summed E-state index contributed by atoms with van der Waals surface area (Å²) >= 11 is 0. The van der Waals surface area contributed by atoms with Crippen molar-refractivity contribution in [1.82, 2.24) is 15.3 Å². The van der Waals surface area contributed by atoms with Crippen molar-refractivity contribution in [3.63, 3.8) is 0 Å². The largest absolute Gasteiger partial charge is 1.00 e. The molecule has 1 aromatic carbocycles. The van der Waals surface area contributed by atoms with Gasteiger partial charge in [-0.15, -0.1) is 0 Å². The molecule has 2 aromatic rings. The predicted molar refractivity (Wildman–Crippen MR) is 116 cm³/mol. The number of carboxylic acids is 2. The zero-order valence-corrected chi connectivity index (χ0v) is 20.3. The first-order valence-corrected chi connectivity index (χ1v) is 10.2. The molecule has 1 aliphatic heterocycles. The molecule has 0 fully saturated rings. The molecule has 0 saturated heterocycles. The monoisotopic (exact) mass is 466 g/mol. The Morgan fingerprint density at radius 3 is 2.55 bits per heavy atom. The third-order valence-corrected chi connectivity index (χ3v) is 5.41. The Morgan fingerprint density at radius 1 is 1.21 bits per heavy atom. The first-order chi connectivity index (χ1) is 15.2. The zero-order valence-electron chi connectivity index (χ0n) is 18.3. The molecule has 2 heterocycles. The van der Waals surface area contributed by atoms with Crippen molar-refractivity contribution in [2.45, 2.75) is 44.1 Å². The molecule has 12 heteroatoms. The molecule has 3 rings (SSSR count). The van der Waals surface area contributed by atoms with Gasteiger partial charge in [0, 0.05) is 18.5 Å². The molecule has 2 atom stereocenters. The van der Waals surface area contributed by atoms with Crippen molar-refractivity contribution < 1.29 is 54.2 Å². The number of amides is 1. The van der Waals surface area contributed by atoms with Crippen LogP contribution in [0.4, 0.5) is 11.8 Å². The van der Waals surface area contributed by atoms with Crippen molar-refractivity contribution in [2.24, 2.45) is 0 Å². The van der Waals surface area contributed by atoms with E-state index in [1.165, 1.54) is 0 Å². The van der Waals surface area contributed by atoms with Gasteiger partial charge in [0.05, 0.1) is 5.56 Å². The quantitative estimate of drug-likeness (QED) is 0.226. The third-order valence-electron chi connectivity index (χ3n) is 5.41. The molecule has 0 aliphatic carbocycles. The van der Waals surface area contributed by atoms with Crippen LogP contribution in [0.25, 0.3) is 0 Å². The van der Waals surface area contributed by atoms with Gasteiger partial charge >= 0.3 is 41.5 Å². The molecule has 7 N–H and O–H groups in total. The van der Waals surface area contributed by atoms with E-state index >= 15 is 0 Å². The van der Waals surface area contributed by atoms with Gasteiger partial charge in [-0.1, -0.05) is 12.1 Å². The van der Waals surface area contributed by atoms with Gasteiger partial charge in [0.1, 0.15) is 11.9 Å². The molecule has 170 valence electrons. The van der Waals surface area contributed by atoms with Crippen LogP contribution in [0.2, 0.25) is 0 Å². The molecule has 0 spiro atoms. The average Bonchev–Trinajstić information content (AvgIpc) is 2.74. The number of H-pyrrole nitrogens is 1. The number of carbonyl (C=O) groups is 3. The molecule has 0 radical (unpaired) electrons. The summed E-state index contributed by atoms with van der Waals surface area (Å²) in [5.74, 6) is -2.39. The maximum Gasteiger partial charge on any atom is 1.00 e. The number of carbonyl (C=O) groups excluding carboxylic acids is 1. The second-order valence-corrected chi connectivity index (χ2v) is 7.66. The average molecular weight is 466 g/mol. The van der Waals surface area contributed by atoms with E-state index in [-0.39, 0.29) is 65.4 Å². The van der Waals surface area contributed by atoms with Crippen LogP contribution in [-0.4, -0.2) is 50.6 Å². The number of carboxylic acid groups (broad SMARTS) is 2. The Labute approximate surface area is 211 Å². The molecule has 11 nitrogen and oxygen atoms in total. The van der Waals surface area contributed by atoms with Gasteiger partial charge in [-0.2, -0.15) is 4.98 Å². The van der Waals surface area contributed by atoms with Crippen LogP contribution in [0.15, 0.2) is 29.1 Å². The van der Waals surface area contributed by atoms with Crippen LogP contribution in [0.5, 0.6) is 0 Å². The molecule has 0 bridgehead atoms. The van der Waals surface area contributed by atoms with Gasteiger partial charge in [-0.25, -0.2) is 4.79 Å². The van der Waals surface area contributed by atoms with Crippen molar-refractivity contribution >= 4 is 29.6 Å². The summed E-state index contributed by atoms with van der Waals surface area (Å²) in [6.07, 6.45) is 1.61. The van der Waals surface area contributed by atoms with Crippen molar-refractivity contribution in [3.8, 4) is 0 Å². The van der Waals surface area contributed by atoms with Gasteiger partial charge in [0.2, 0.25) is 5.95 Å². The number of rotatable bonds is 9. The van der Waals surface area contributed by atoms with E-state index in [9.17, 15) is 24.3 Å². The van der Waals surface area contributed by atoms with Crippen LogP contribution in [0.1, 0.15) is 53.1 Å². The number of anilines is 2. The Bertz CT molecular complexity index is 1070. The van der Waals surface area contributed by atoms with Crippen LogP contribution >= 0.6 is 0 Å². The van der Waals surface area contributed by atoms with Crippen molar-refractivity contribution in [2.75, 3.05) is 17.6 Å². The van der Waals surface area contributed by atoms with E-state index in [1.54, 1.807) is 24.3 Å². The number of hydrogen-bond acceptors (Lipinski definition) is 7. The van der Waals surface area contributed by atoms with Crippen molar-refractivity contribution in [3.05, 3.63) is 51.3 Å². The Morgan fingerprint density at radius 2 is 1.91 bits per heavy atom. The fourth-order valence-corrected chi connectivity index (χ4v) is 3.74. The summed E-state index contributed by atoms with van der Waals surface area (Å²) in [7, 11) is 0. The number of nitrogens with two attached hydrogens (primary N) is 1. The number of aromatic nitrogens is 2. The minimum atomic E-state index is -1.29. The van der Waals surface area contributed by atoms with Crippen LogP contribution in [-0.2, 0) is 16.0 Å². The second kappa shape index (κ2) is 11.8. The minimum Gasteiger partial charge on any atom is -0.481 e. The first-order valence-electron chi connectivity index (χ1n) is 10.2. The van der Waals surface area contributed by atoms with E-state index in [0.717, 1.165) is 12.0 Å². The summed E-state index contributed by atoms with van der Waals surface area (Å²) in [4.78, 5) is 53.3. The zero-order chi connectivity index (χ0) is 23.3. The number of nitrogens with one attached hydrogen (secondary N) is 3. The molecule has 1 aromatic heterocycles. The number of aryl methyl sites for hydroxylation is 1. The topological polar surface area (TPSA) is 187 Å². The van der Waals surface area contributed by atoms with E-state index in [0.29, 0.717) is 30.8 Å². The Kier molecular flexibility index (Phi) is 9.44. The van der Waals surface area contributed by atoms with Gasteiger partial charge in [0.15, 0.2) is 0 Å². The number of nitrogen functional groups attached to an aromatic ring is 1. The molecule has 33 heavy (non-hydrogen) atoms. The number of hydrogen-bond donors (Lipinski definition) is 6. The Balaban J connectivity index is 0.00000385. The smallest absolute Gasteiger partial charge is 0.481 e. The van der Waals surface area contributed by atoms with E-state index in [4.69, 9.17) is 10.8 Å². The Hall–Kier alpha value is -2.89. The maximum absolute atomic E-state index is 12.3. The summed E-state index contributed by atoms with van der Waals surface area (Å²) in [6, 6.07) is 5.45. The number of aliphatic carboxylic acids is 2. The molecule has 1 amide bonds. The maximum atomic E-state index is 12.3. The molecule has 2 unspecified atom stereocenters. The van der Waals surface area contributed by atoms with Crippen molar-refractivity contribution in [1.29, 1.82) is 0 Å².